The third-order valence-corrected chi connectivity index (χ3v) is 5.97. The third kappa shape index (κ3) is 3.56. The van der Waals surface area contributed by atoms with Crippen molar-refractivity contribution in [1.82, 2.24) is 30.2 Å². The van der Waals surface area contributed by atoms with Crippen LogP contribution in [0.5, 0.6) is 0 Å². The molecule has 1 saturated heterocycles. The number of hydrogen-bond acceptors (Lipinski definition) is 7. The molecular formula is C20H18N6O2S. The Morgan fingerprint density at radius 2 is 2.14 bits per heavy atom. The SMILES string of the molecule is O=C(c1cc(-c2cccs2)on1)N1CCC(c2nc(-c3cccnc3)n[nH]2)CC1. The fraction of sp³-hybridized carbons (Fsp3) is 0.250. The van der Waals surface area contributed by atoms with Gasteiger partial charge in [0.2, 0.25) is 0 Å². The van der Waals surface area contributed by atoms with Crippen molar-refractivity contribution < 1.29 is 9.32 Å². The summed E-state index contributed by atoms with van der Waals surface area (Å²) in [4.78, 5) is 24.3. The first-order valence-corrected chi connectivity index (χ1v) is 10.3. The summed E-state index contributed by atoms with van der Waals surface area (Å²) in [5, 5.41) is 13.3. The van der Waals surface area contributed by atoms with Crippen molar-refractivity contribution in [2.24, 2.45) is 0 Å². The Kier molecular flexibility index (Phi) is 4.65. The molecule has 0 aliphatic carbocycles. The summed E-state index contributed by atoms with van der Waals surface area (Å²) in [6.45, 7) is 1.29. The maximum atomic E-state index is 12.8. The summed E-state index contributed by atoms with van der Waals surface area (Å²) < 4.78 is 5.34. The molecule has 0 bridgehead atoms. The minimum Gasteiger partial charge on any atom is -0.355 e. The Labute approximate surface area is 170 Å². The molecule has 4 aromatic rings. The highest BCUT2D eigenvalue weighted by Crippen LogP contribution is 2.29. The smallest absolute Gasteiger partial charge is 0.276 e. The maximum absolute atomic E-state index is 12.8. The van der Waals surface area contributed by atoms with Gasteiger partial charge in [-0.05, 0) is 36.4 Å². The highest BCUT2D eigenvalue weighted by atomic mass is 32.1. The zero-order chi connectivity index (χ0) is 19.6. The van der Waals surface area contributed by atoms with E-state index in [2.05, 4.69) is 25.3 Å². The average molecular weight is 406 g/mol. The first-order chi connectivity index (χ1) is 14.3. The molecule has 5 heterocycles. The van der Waals surface area contributed by atoms with Crippen LogP contribution in [0.4, 0.5) is 0 Å². The van der Waals surface area contributed by atoms with Gasteiger partial charge in [0.15, 0.2) is 17.3 Å². The van der Waals surface area contributed by atoms with Crippen LogP contribution in [-0.4, -0.2) is 49.2 Å². The van der Waals surface area contributed by atoms with Gasteiger partial charge in [-0.1, -0.05) is 11.2 Å². The van der Waals surface area contributed by atoms with Crippen molar-refractivity contribution in [3.8, 4) is 22.0 Å². The van der Waals surface area contributed by atoms with Gasteiger partial charge < -0.3 is 9.42 Å². The van der Waals surface area contributed by atoms with E-state index >= 15 is 0 Å². The molecule has 1 aliphatic heterocycles. The van der Waals surface area contributed by atoms with Gasteiger partial charge >= 0.3 is 0 Å². The maximum Gasteiger partial charge on any atom is 0.276 e. The molecule has 0 unspecified atom stereocenters. The summed E-state index contributed by atoms with van der Waals surface area (Å²) in [7, 11) is 0. The zero-order valence-electron chi connectivity index (χ0n) is 15.5. The van der Waals surface area contributed by atoms with E-state index in [0.29, 0.717) is 30.4 Å². The van der Waals surface area contributed by atoms with Crippen LogP contribution in [-0.2, 0) is 0 Å². The number of thiophene rings is 1. The molecule has 0 spiro atoms. The second kappa shape index (κ2) is 7.59. The van der Waals surface area contributed by atoms with Crippen molar-refractivity contribution in [2.75, 3.05) is 13.1 Å². The van der Waals surface area contributed by atoms with E-state index in [1.54, 1.807) is 29.8 Å². The van der Waals surface area contributed by atoms with E-state index in [4.69, 9.17) is 4.52 Å². The molecule has 1 N–H and O–H groups in total. The normalized spacial score (nSPS) is 15.0. The first kappa shape index (κ1) is 17.7. The topological polar surface area (TPSA) is 101 Å². The Morgan fingerprint density at radius 1 is 1.24 bits per heavy atom. The monoisotopic (exact) mass is 406 g/mol. The van der Waals surface area contributed by atoms with Crippen molar-refractivity contribution in [1.29, 1.82) is 0 Å². The van der Waals surface area contributed by atoms with Crippen LogP contribution < -0.4 is 0 Å². The highest BCUT2D eigenvalue weighted by molar-refractivity contribution is 7.13. The summed E-state index contributed by atoms with van der Waals surface area (Å²) in [5.74, 6) is 2.29. The summed E-state index contributed by atoms with van der Waals surface area (Å²) in [6.07, 6.45) is 5.12. The van der Waals surface area contributed by atoms with Gasteiger partial charge in [-0.3, -0.25) is 14.9 Å². The Bertz CT molecular complexity index is 1100. The van der Waals surface area contributed by atoms with E-state index in [9.17, 15) is 4.79 Å². The van der Waals surface area contributed by atoms with E-state index in [1.807, 2.05) is 34.5 Å². The molecule has 146 valence electrons. The van der Waals surface area contributed by atoms with Crippen LogP contribution in [0.15, 0.2) is 52.6 Å². The molecule has 0 saturated carbocycles. The van der Waals surface area contributed by atoms with Crippen molar-refractivity contribution in [3.05, 3.63) is 59.6 Å². The Balaban J connectivity index is 1.23. The number of aromatic amines is 1. The Morgan fingerprint density at radius 3 is 2.90 bits per heavy atom. The quantitative estimate of drug-likeness (QED) is 0.556. The van der Waals surface area contributed by atoms with Gasteiger partial charge in [0, 0.05) is 43.0 Å². The lowest BCUT2D eigenvalue weighted by atomic mass is 9.96. The van der Waals surface area contributed by atoms with Gasteiger partial charge in [-0.2, -0.15) is 5.10 Å². The average Bonchev–Trinajstić information content (AvgIpc) is 3.55. The molecular weight excluding hydrogens is 388 g/mol. The van der Waals surface area contributed by atoms with Crippen LogP contribution >= 0.6 is 11.3 Å². The number of nitrogens with zero attached hydrogens (tertiary/aromatic N) is 5. The lowest BCUT2D eigenvalue weighted by molar-refractivity contribution is 0.0700. The van der Waals surface area contributed by atoms with Crippen LogP contribution in [0.1, 0.15) is 35.1 Å². The van der Waals surface area contributed by atoms with E-state index in [0.717, 1.165) is 29.1 Å². The number of pyridine rings is 1. The molecule has 29 heavy (non-hydrogen) atoms. The number of carbonyl (C=O) groups is 1. The lowest BCUT2D eigenvalue weighted by Crippen LogP contribution is -2.38. The van der Waals surface area contributed by atoms with Crippen LogP contribution in [0, 0.1) is 0 Å². The fourth-order valence-corrected chi connectivity index (χ4v) is 4.18. The number of piperidine rings is 1. The van der Waals surface area contributed by atoms with Crippen LogP contribution in [0.2, 0.25) is 0 Å². The van der Waals surface area contributed by atoms with Gasteiger partial charge in [0.05, 0.1) is 4.88 Å². The predicted octanol–water partition coefficient (Wildman–Crippen LogP) is 3.60. The second-order valence-corrected chi connectivity index (χ2v) is 7.85. The number of aromatic nitrogens is 5. The standard InChI is InChI=1S/C20H18N6O2S/c27-20(15-11-16(28-25-15)17-4-2-10-29-17)26-8-5-13(6-9-26)18-22-19(24-23-18)14-3-1-7-21-12-14/h1-4,7,10-13H,5-6,8-9H2,(H,22,23,24). The molecule has 1 fully saturated rings. The van der Waals surface area contributed by atoms with Crippen molar-refractivity contribution in [3.63, 3.8) is 0 Å². The number of nitrogens with one attached hydrogen (secondary N) is 1. The molecule has 5 rings (SSSR count). The van der Waals surface area contributed by atoms with Gasteiger partial charge in [-0.15, -0.1) is 11.3 Å². The molecule has 8 nitrogen and oxygen atoms in total. The molecule has 0 aromatic carbocycles. The second-order valence-electron chi connectivity index (χ2n) is 6.91. The fourth-order valence-electron chi connectivity index (χ4n) is 3.51. The van der Waals surface area contributed by atoms with Crippen LogP contribution in [0.25, 0.3) is 22.0 Å². The molecule has 1 amide bonds. The lowest BCUT2D eigenvalue weighted by Gasteiger charge is -2.30. The van der Waals surface area contributed by atoms with Crippen molar-refractivity contribution in [2.45, 2.75) is 18.8 Å². The molecule has 0 radical (unpaired) electrons. The van der Waals surface area contributed by atoms with Gasteiger partial charge in [0.25, 0.3) is 5.91 Å². The van der Waals surface area contributed by atoms with Gasteiger partial charge in [-0.25, -0.2) is 4.98 Å². The third-order valence-electron chi connectivity index (χ3n) is 5.08. The molecule has 1 aliphatic rings. The largest absolute Gasteiger partial charge is 0.355 e. The van der Waals surface area contributed by atoms with E-state index in [-0.39, 0.29) is 11.8 Å². The number of amides is 1. The van der Waals surface area contributed by atoms with Crippen LogP contribution in [0.3, 0.4) is 0 Å². The first-order valence-electron chi connectivity index (χ1n) is 9.40. The minimum atomic E-state index is -0.0939. The van der Waals surface area contributed by atoms with Gasteiger partial charge in [0.1, 0.15) is 5.82 Å². The highest BCUT2D eigenvalue weighted by Gasteiger charge is 2.28. The molecule has 0 atom stereocenters. The number of rotatable bonds is 4. The van der Waals surface area contributed by atoms with Crippen molar-refractivity contribution >= 4 is 17.2 Å². The number of hydrogen-bond donors (Lipinski definition) is 1. The minimum absolute atomic E-state index is 0.0939. The number of H-pyrrole nitrogens is 1. The summed E-state index contributed by atoms with van der Waals surface area (Å²) in [5.41, 5.74) is 1.24. The predicted molar refractivity (Wildman–Crippen MR) is 107 cm³/mol. The van der Waals surface area contributed by atoms with E-state index < -0.39 is 0 Å². The Hall–Kier alpha value is -3.33. The number of carbonyl (C=O) groups excluding carboxylic acids is 1. The molecule has 9 heteroatoms. The summed E-state index contributed by atoms with van der Waals surface area (Å²) >= 11 is 1.56. The summed E-state index contributed by atoms with van der Waals surface area (Å²) in [6, 6.07) is 9.41. The van der Waals surface area contributed by atoms with E-state index in [1.165, 1.54) is 0 Å². The zero-order valence-corrected chi connectivity index (χ0v) is 16.3. The molecule has 4 aromatic heterocycles. The number of likely N-dealkylation sites (tertiary alicyclic amines) is 1.